The molecule has 4 aromatic rings. The molecule has 1 N–H and O–H groups in total. The molecule has 4 aromatic heterocycles. The van der Waals surface area contributed by atoms with E-state index < -0.39 is 22.8 Å². The van der Waals surface area contributed by atoms with Gasteiger partial charge in [0.15, 0.2) is 17.3 Å². The molecular weight excluding hydrogens is 451 g/mol. The van der Waals surface area contributed by atoms with E-state index in [1.165, 1.54) is 10.8 Å². The van der Waals surface area contributed by atoms with Crippen molar-refractivity contribution in [2.45, 2.75) is 26.4 Å². The largest absolute Gasteiger partial charge is 0.477 e. The van der Waals surface area contributed by atoms with Crippen LogP contribution in [-0.2, 0) is 13.1 Å². The minimum Gasteiger partial charge on any atom is -0.477 e. The van der Waals surface area contributed by atoms with Gasteiger partial charge in [0, 0.05) is 32.0 Å². The fourth-order valence-electron chi connectivity index (χ4n) is 4.63. The first-order chi connectivity index (χ1) is 16.9. The Morgan fingerprint density at radius 1 is 1.14 bits per heavy atom. The Balaban J connectivity index is 1.54. The van der Waals surface area contributed by atoms with Crippen LogP contribution in [0.4, 0.5) is 16.0 Å². The van der Waals surface area contributed by atoms with Gasteiger partial charge >= 0.3 is 5.97 Å². The minimum absolute atomic E-state index is 0.0783. The summed E-state index contributed by atoms with van der Waals surface area (Å²) in [5, 5.41) is 9.55. The van der Waals surface area contributed by atoms with Crippen LogP contribution in [0.25, 0.3) is 16.7 Å². The Morgan fingerprint density at radius 2 is 1.97 bits per heavy atom. The summed E-state index contributed by atoms with van der Waals surface area (Å²) in [6, 6.07) is 6.77. The first kappa shape index (κ1) is 21.2. The summed E-state index contributed by atoms with van der Waals surface area (Å²) in [7, 11) is 0. The molecule has 6 rings (SSSR count). The van der Waals surface area contributed by atoms with E-state index in [0.29, 0.717) is 18.8 Å². The standard InChI is InChI=1S/C25H21FN6O3/c1-14-8-21(30-6-3-7-30)28-10-20(14)32-12-17(25(34)35)22(33)16-9-18(26)24(29-23(16)32)31-11-15-4-2-5-27-19(15)13-31/h2,4-5,8-10,12H,3,6-7,11,13H2,1H3,(H,34,35). The molecule has 0 aliphatic carbocycles. The van der Waals surface area contributed by atoms with Gasteiger partial charge in [-0.15, -0.1) is 0 Å². The van der Waals surface area contributed by atoms with Gasteiger partial charge in [-0.25, -0.2) is 19.2 Å². The number of rotatable bonds is 4. The Bertz CT molecular complexity index is 1560. The van der Waals surface area contributed by atoms with Crippen LogP contribution in [0.3, 0.4) is 0 Å². The smallest absolute Gasteiger partial charge is 0.341 e. The summed E-state index contributed by atoms with van der Waals surface area (Å²) in [4.78, 5) is 42.2. The number of carbonyl (C=O) groups is 1. The third kappa shape index (κ3) is 3.40. The number of fused-ring (bicyclic) bond motifs is 2. The molecule has 0 amide bonds. The molecule has 2 aliphatic rings. The van der Waals surface area contributed by atoms with E-state index in [4.69, 9.17) is 0 Å². The molecule has 10 heteroatoms. The fourth-order valence-corrected chi connectivity index (χ4v) is 4.63. The molecule has 0 bridgehead atoms. The average Bonchev–Trinajstić information content (AvgIpc) is 3.22. The molecule has 1 fully saturated rings. The number of aryl methyl sites for hydroxylation is 1. The number of halogens is 1. The topological polar surface area (TPSA) is 104 Å². The predicted molar refractivity (Wildman–Crippen MR) is 128 cm³/mol. The first-order valence-electron chi connectivity index (χ1n) is 11.3. The zero-order chi connectivity index (χ0) is 24.3. The number of carboxylic acids is 1. The third-order valence-electron chi connectivity index (χ3n) is 6.64. The average molecular weight is 472 g/mol. The highest BCUT2D eigenvalue weighted by Crippen LogP contribution is 2.30. The molecule has 0 saturated carbocycles. The lowest BCUT2D eigenvalue weighted by Gasteiger charge is -2.32. The van der Waals surface area contributed by atoms with Crippen LogP contribution >= 0.6 is 0 Å². The zero-order valence-electron chi connectivity index (χ0n) is 18.9. The molecule has 0 unspecified atom stereocenters. The van der Waals surface area contributed by atoms with Gasteiger partial charge in [0.2, 0.25) is 5.43 Å². The van der Waals surface area contributed by atoms with Crippen LogP contribution in [-0.4, -0.2) is 43.7 Å². The Kier molecular flexibility index (Phi) is 4.77. The Hall–Kier alpha value is -4.34. The Labute approximate surface area is 199 Å². The van der Waals surface area contributed by atoms with Crippen LogP contribution < -0.4 is 15.2 Å². The lowest BCUT2D eigenvalue weighted by Crippen LogP contribution is -2.37. The second-order valence-corrected chi connectivity index (χ2v) is 8.85. The summed E-state index contributed by atoms with van der Waals surface area (Å²) >= 11 is 0. The number of carboxylic acid groups (broad SMARTS) is 1. The summed E-state index contributed by atoms with van der Waals surface area (Å²) < 4.78 is 16.8. The summed E-state index contributed by atoms with van der Waals surface area (Å²) in [6.45, 7) is 4.58. The van der Waals surface area contributed by atoms with E-state index in [2.05, 4.69) is 19.9 Å². The number of hydrogen-bond acceptors (Lipinski definition) is 7. The van der Waals surface area contributed by atoms with Crippen molar-refractivity contribution in [2.24, 2.45) is 0 Å². The maximum absolute atomic E-state index is 15.3. The van der Waals surface area contributed by atoms with Crippen LogP contribution in [0.15, 0.2) is 47.7 Å². The van der Waals surface area contributed by atoms with E-state index >= 15 is 4.39 Å². The van der Waals surface area contributed by atoms with Crippen molar-refractivity contribution in [3.8, 4) is 5.69 Å². The van der Waals surface area contributed by atoms with E-state index in [0.717, 1.165) is 48.2 Å². The number of nitrogens with zero attached hydrogens (tertiary/aromatic N) is 6. The Morgan fingerprint density at radius 3 is 2.66 bits per heavy atom. The minimum atomic E-state index is -1.39. The van der Waals surface area contributed by atoms with Crippen LogP contribution in [0, 0.1) is 12.7 Å². The molecule has 0 radical (unpaired) electrons. The predicted octanol–water partition coefficient (Wildman–Crippen LogP) is 3.05. The van der Waals surface area contributed by atoms with Crippen molar-refractivity contribution in [2.75, 3.05) is 22.9 Å². The molecular formula is C25H21FN6O3. The molecule has 9 nitrogen and oxygen atoms in total. The fraction of sp³-hybridized carbons (Fsp3) is 0.240. The summed E-state index contributed by atoms with van der Waals surface area (Å²) in [5.41, 5.74) is 2.14. The van der Waals surface area contributed by atoms with Gasteiger partial charge in [0.1, 0.15) is 11.4 Å². The molecule has 6 heterocycles. The maximum atomic E-state index is 15.3. The van der Waals surface area contributed by atoms with Gasteiger partial charge in [0.05, 0.1) is 29.5 Å². The lowest BCUT2D eigenvalue weighted by molar-refractivity contribution is 0.0695. The van der Waals surface area contributed by atoms with Gasteiger partial charge in [-0.2, -0.15) is 0 Å². The monoisotopic (exact) mass is 472 g/mol. The SMILES string of the molecule is Cc1cc(N2CCC2)ncc1-n1cc(C(=O)O)c(=O)c2cc(F)c(N3Cc4cccnc4C3)nc21. The van der Waals surface area contributed by atoms with Crippen molar-refractivity contribution < 1.29 is 14.3 Å². The maximum Gasteiger partial charge on any atom is 0.341 e. The number of pyridine rings is 4. The molecule has 1 saturated heterocycles. The van der Waals surface area contributed by atoms with Gasteiger partial charge in [0.25, 0.3) is 0 Å². The van der Waals surface area contributed by atoms with Gasteiger partial charge in [-0.1, -0.05) is 6.07 Å². The van der Waals surface area contributed by atoms with Crippen molar-refractivity contribution >= 4 is 28.6 Å². The second-order valence-electron chi connectivity index (χ2n) is 8.85. The number of hydrogen-bond donors (Lipinski definition) is 1. The van der Waals surface area contributed by atoms with Crippen LogP contribution in [0.2, 0.25) is 0 Å². The van der Waals surface area contributed by atoms with E-state index in [1.54, 1.807) is 17.3 Å². The van der Waals surface area contributed by atoms with Crippen molar-refractivity contribution in [1.82, 2.24) is 19.5 Å². The quantitative estimate of drug-likeness (QED) is 0.483. The van der Waals surface area contributed by atoms with Crippen LogP contribution in [0.5, 0.6) is 0 Å². The highest BCUT2D eigenvalue weighted by molar-refractivity contribution is 5.92. The third-order valence-corrected chi connectivity index (χ3v) is 6.64. The number of aromatic nitrogens is 4. The molecule has 176 valence electrons. The molecule has 0 atom stereocenters. The second kappa shape index (κ2) is 7.86. The highest BCUT2D eigenvalue weighted by Gasteiger charge is 2.26. The summed E-state index contributed by atoms with van der Waals surface area (Å²) in [5.74, 6) is -1.17. The van der Waals surface area contributed by atoms with Crippen molar-refractivity contribution in [3.63, 3.8) is 0 Å². The molecule has 2 aliphatic heterocycles. The summed E-state index contributed by atoms with van der Waals surface area (Å²) in [6.07, 6.45) is 5.69. The van der Waals surface area contributed by atoms with Gasteiger partial charge in [-0.05, 0) is 42.7 Å². The van der Waals surface area contributed by atoms with E-state index in [-0.39, 0.29) is 16.9 Å². The zero-order valence-corrected chi connectivity index (χ0v) is 18.9. The number of anilines is 2. The molecule has 0 aromatic carbocycles. The molecule has 0 spiro atoms. The lowest BCUT2D eigenvalue weighted by atomic mass is 10.1. The van der Waals surface area contributed by atoms with E-state index in [9.17, 15) is 14.7 Å². The van der Waals surface area contributed by atoms with Gasteiger partial charge in [-0.3, -0.25) is 14.3 Å². The van der Waals surface area contributed by atoms with E-state index in [1.807, 2.05) is 25.1 Å². The van der Waals surface area contributed by atoms with Gasteiger partial charge < -0.3 is 14.9 Å². The first-order valence-corrected chi connectivity index (χ1v) is 11.3. The number of aromatic carboxylic acids is 1. The van der Waals surface area contributed by atoms with Crippen LogP contribution in [0.1, 0.15) is 33.6 Å². The highest BCUT2D eigenvalue weighted by atomic mass is 19.1. The molecule has 35 heavy (non-hydrogen) atoms. The normalized spacial score (nSPS) is 14.8. The van der Waals surface area contributed by atoms with Crippen molar-refractivity contribution in [3.05, 3.63) is 81.3 Å². The van der Waals surface area contributed by atoms with Crippen molar-refractivity contribution in [1.29, 1.82) is 0 Å².